The van der Waals surface area contributed by atoms with Crippen molar-refractivity contribution < 1.29 is 9.59 Å². The molecule has 0 fully saturated rings. The minimum atomic E-state index is 0.164. The molecule has 2 nitrogen and oxygen atoms in total. The number of ketones is 1. The van der Waals surface area contributed by atoms with Crippen LogP contribution in [0, 0.1) is 5.92 Å². The van der Waals surface area contributed by atoms with Crippen molar-refractivity contribution in [1.82, 2.24) is 0 Å². The van der Waals surface area contributed by atoms with Gasteiger partial charge in [-0.1, -0.05) is 24.3 Å². The van der Waals surface area contributed by atoms with Crippen molar-refractivity contribution in [2.75, 3.05) is 5.75 Å². The van der Waals surface area contributed by atoms with Crippen LogP contribution in [0.5, 0.6) is 0 Å². The monoisotopic (exact) mass is 198 g/mol. The van der Waals surface area contributed by atoms with E-state index in [0.717, 1.165) is 11.3 Å². The van der Waals surface area contributed by atoms with Gasteiger partial charge in [0.25, 0.3) is 0 Å². The predicted molar refractivity (Wildman–Crippen MR) is 54.6 cm³/mol. The zero-order chi connectivity index (χ0) is 9.84. The van der Waals surface area contributed by atoms with Crippen LogP contribution < -0.4 is 0 Å². The van der Waals surface area contributed by atoms with E-state index in [1.54, 1.807) is 6.08 Å². The topological polar surface area (TPSA) is 34.1 Å². The molecule has 0 amide bonds. The fraction of sp³-hybridized carbons (Fsp3) is 0.600. The lowest BCUT2D eigenvalue weighted by Crippen LogP contribution is -2.05. The first kappa shape index (κ1) is 10.5. The summed E-state index contributed by atoms with van der Waals surface area (Å²) in [5.41, 5.74) is 1.06. The van der Waals surface area contributed by atoms with Crippen LogP contribution in [0.1, 0.15) is 26.7 Å². The van der Waals surface area contributed by atoms with Gasteiger partial charge in [-0.2, -0.15) is 0 Å². The maximum absolute atomic E-state index is 11.3. The van der Waals surface area contributed by atoms with E-state index in [1.807, 2.05) is 13.8 Å². The van der Waals surface area contributed by atoms with Gasteiger partial charge >= 0.3 is 0 Å². The number of hydrogen-bond donors (Lipinski definition) is 0. The number of carbonyl (C=O) groups excluding carboxylic acids is 2. The number of thioether (sulfide) groups is 1. The molecule has 0 saturated carbocycles. The van der Waals surface area contributed by atoms with Gasteiger partial charge in [-0.05, 0) is 24.7 Å². The highest BCUT2D eigenvalue weighted by molar-refractivity contribution is 8.13. The average molecular weight is 198 g/mol. The lowest BCUT2D eigenvalue weighted by Gasteiger charge is -2.08. The van der Waals surface area contributed by atoms with Crippen molar-refractivity contribution in [3.63, 3.8) is 0 Å². The van der Waals surface area contributed by atoms with Crippen LogP contribution in [0.2, 0.25) is 0 Å². The van der Waals surface area contributed by atoms with Crippen LogP contribution in [0.25, 0.3) is 0 Å². The molecule has 0 saturated heterocycles. The molecule has 1 atom stereocenters. The van der Waals surface area contributed by atoms with Crippen LogP contribution in [0.15, 0.2) is 11.6 Å². The highest BCUT2D eigenvalue weighted by Crippen LogP contribution is 2.27. The van der Waals surface area contributed by atoms with Crippen LogP contribution in [-0.2, 0) is 9.59 Å². The summed E-state index contributed by atoms with van der Waals surface area (Å²) >= 11 is 1.34. The summed E-state index contributed by atoms with van der Waals surface area (Å²) in [6.45, 7) is 3.89. The maximum atomic E-state index is 11.3. The summed E-state index contributed by atoms with van der Waals surface area (Å²) in [5.74, 6) is 1.17. The smallest absolute Gasteiger partial charge is 0.189 e. The summed E-state index contributed by atoms with van der Waals surface area (Å²) in [6.07, 6.45) is 2.71. The molecule has 0 spiro atoms. The summed E-state index contributed by atoms with van der Waals surface area (Å²) in [6, 6.07) is 0. The quantitative estimate of drug-likeness (QED) is 0.697. The van der Waals surface area contributed by atoms with E-state index in [4.69, 9.17) is 0 Å². The van der Waals surface area contributed by atoms with E-state index < -0.39 is 0 Å². The van der Waals surface area contributed by atoms with E-state index in [9.17, 15) is 9.59 Å². The van der Waals surface area contributed by atoms with Gasteiger partial charge in [0.15, 0.2) is 10.9 Å². The second kappa shape index (κ2) is 4.61. The molecule has 13 heavy (non-hydrogen) atoms. The fourth-order valence-corrected chi connectivity index (χ4v) is 2.13. The minimum absolute atomic E-state index is 0.164. The Morgan fingerprint density at radius 1 is 1.69 bits per heavy atom. The van der Waals surface area contributed by atoms with Gasteiger partial charge in [0.2, 0.25) is 0 Å². The Morgan fingerprint density at radius 3 is 2.85 bits per heavy atom. The third-order valence-corrected chi connectivity index (χ3v) is 2.98. The molecule has 0 radical (unpaired) electrons. The fourth-order valence-electron chi connectivity index (χ4n) is 1.49. The van der Waals surface area contributed by atoms with E-state index in [0.29, 0.717) is 12.8 Å². The van der Waals surface area contributed by atoms with Crippen molar-refractivity contribution in [2.24, 2.45) is 5.92 Å². The largest absolute Gasteiger partial charge is 0.295 e. The molecule has 0 aromatic carbocycles. The molecule has 0 aromatic heterocycles. The standard InChI is InChI=1S/C10H14O2S/c1-3-13-10(12)6-8-5-9(11)4-7(8)2/h4,8H,3,5-6H2,1-2H3/t8-/m1/s1. The third kappa shape index (κ3) is 2.99. The van der Waals surface area contributed by atoms with Gasteiger partial charge in [-0.15, -0.1) is 0 Å². The Labute approximate surface area is 82.8 Å². The number of allylic oxidation sites excluding steroid dienone is 2. The SMILES string of the molecule is CCSC(=O)C[C@H]1CC(=O)C=C1C. The molecule has 0 bridgehead atoms. The normalized spacial score (nSPS) is 21.8. The van der Waals surface area contributed by atoms with Crippen molar-refractivity contribution in [2.45, 2.75) is 26.7 Å². The molecule has 1 aliphatic rings. The van der Waals surface area contributed by atoms with Gasteiger partial charge in [-0.25, -0.2) is 0 Å². The molecule has 0 aromatic rings. The van der Waals surface area contributed by atoms with Crippen LogP contribution in [0.3, 0.4) is 0 Å². The van der Waals surface area contributed by atoms with E-state index in [-0.39, 0.29) is 16.8 Å². The van der Waals surface area contributed by atoms with Crippen LogP contribution in [0.4, 0.5) is 0 Å². The number of rotatable bonds is 3. The summed E-state index contributed by atoms with van der Waals surface area (Å²) in [7, 11) is 0. The zero-order valence-corrected chi connectivity index (χ0v) is 8.82. The summed E-state index contributed by atoms with van der Waals surface area (Å²) in [4.78, 5) is 22.3. The molecule has 0 unspecified atom stereocenters. The molecule has 0 heterocycles. The lowest BCUT2D eigenvalue weighted by molar-refractivity contribution is -0.114. The Hall–Kier alpha value is -0.570. The van der Waals surface area contributed by atoms with Gasteiger partial charge in [0.1, 0.15) is 0 Å². The number of hydrogen-bond acceptors (Lipinski definition) is 3. The van der Waals surface area contributed by atoms with Gasteiger partial charge in [-0.3, -0.25) is 9.59 Å². The molecule has 3 heteroatoms. The minimum Gasteiger partial charge on any atom is -0.295 e. The first-order chi connectivity index (χ1) is 6.13. The molecule has 72 valence electrons. The van der Waals surface area contributed by atoms with Gasteiger partial charge in [0, 0.05) is 12.8 Å². The van der Waals surface area contributed by atoms with Crippen molar-refractivity contribution in [3.8, 4) is 0 Å². The molecular weight excluding hydrogens is 184 g/mol. The highest BCUT2D eigenvalue weighted by Gasteiger charge is 2.23. The van der Waals surface area contributed by atoms with Gasteiger partial charge in [0.05, 0.1) is 0 Å². The first-order valence-electron chi connectivity index (χ1n) is 4.50. The first-order valence-corrected chi connectivity index (χ1v) is 5.48. The molecule has 1 rings (SSSR count). The highest BCUT2D eigenvalue weighted by atomic mass is 32.2. The van der Waals surface area contributed by atoms with E-state index >= 15 is 0 Å². The van der Waals surface area contributed by atoms with Crippen molar-refractivity contribution in [3.05, 3.63) is 11.6 Å². The van der Waals surface area contributed by atoms with E-state index in [1.165, 1.54) is 11.8 Å². The maximum Gasteiger partial charge on any atom is 0.189 e. The summed E-state index contributed by atoms with van der Waals surface area (Å²) in [5, 5.41) is 0.204. The third-order valence-electron chi connectivity index (χ3n) is 2.20. The van der Waals surface area contributed by atoms with E-state index in [2.05, 4.69) is 0 Å². The lowest BCUT2D eigenvalue weighted by atomic mass is 10.00. The van der Waals surface area contributed by atoms with Crippen LogP contribution in [-0.4, -0.2) is 16.7 Å². The van der Waals surface area contributed by atoms with Crippen molar-refractivity contribution in [1.29, 1.82) is 0 Å². The van der Waals surface area contributed by atoms with Crippen molar-refractivity contribution >= 4 is 22.7 Å². The molecule has 1 aliphatic carbocycles. The Kier molecular flexibility index (Phi) is 3.72. The molecular formula is C10H14O2S. The Morgan fingerprint density at radius 2 is 2.38 bits per heavy atom. The number of carbonyl (C=O) groups is 2. The second-order valence-electron chi connectivity index (χ2n) is 3.26. The van der Waals surface area contributed by atoms with Crippen LogP contribution >= 0.6 is 11.8 Å². The average Bonchev–Trinajstić information content (AvgIpc) is 2.30. The second-order valence-corrected chi connectivity index (χ2v) is 4.59. The Bertz CT molecular complexity index is 256. The molecule has 0 aliphatic heterocycles. The zero-order valence-electron chi connectivity index (χ0n) is 8.00. The Balaban J connectivity index is 2.43. The van der Waals surface area contributed by atoms with Gasteiger partial charge < -0.3 is 0 Å². The molecule has 0 N–H and O–H groups in total. The predicted octanol–water partition coefficient (Wildman–Crippen LogP) is 2.19. The summed E-state index contributed by atoms with van der Waals surface area (Å²) < 4.78 is 0.